The number of rotatable bonds is 10. The molecule has 2 aromatic heterocycles. The molecule has 1 aliphatic carbocycles. The van der Waals surface area contributed by atoms with Gasteiger partial charge in [0.05, 0.1) is 11.8 Å². The van der Waals surface area contributed by atoms with Crippen LogP contribution in [0.15, 0.2) is 4.79 Å². The second-order valence-electron chi connectivity index (χ2n) is 7.47. The number of esters is 1. The maximum absolute atomic E-state index is 12.5. The molecule has 0 spiro atoms. The first-order chi connectivity index (χ1) is 14.1. The van der Waals surface area contributed by atoms with Crippen LogP contribution in [-0.4, -0.2) is 35.0 Å². The van der Waals surface area contributed by atoms with Crippen molar-refractivity contribution in [3.8, 4) is 0 Å². The summed E-state index contributed by atoms with van der Waals surface area (Å²) in [6.45, 7) is 2.47. The van der Waals surface area contributed by atoms with Gasteiger partial charge in [0.25, 0.3) is 11.5 Å². The lowest BCUT2D eigenvalue weighted by Crippen LogP contribution is -2.29. The van der Waals surface area contributed by atoms with Crippen LogP contribution >= 0.6 is 11.3 Å². The number of carbonyl (C=O) groups excluding carboxylic acids is 2. The van der Waals surface area contributed by atoms with Crippen LogP contribution in [0.5, 0.6) is 0 Å². The van der Waals surface area contributed by atoms with Gasteiger partial charge >= 0.3 is 5.97 Å². The molecule has 2 N–H and O–H groups in total. The van der Waals surface area contributed by atoms with Gasteiger partial charge < -0.3 is 15.0 Å². The van der Waals surface area contributed by atoms with E-state index in [0.717, 1.165) is 61.8 Å². The molecule has 1 amide bonds. The molecule has 158 valence electrons. The summed E-state index contributed by atoms with van der Waals surface area (Å²) in [5.74, 6) is -0.273. The Morgan fingerprint density at radius 3 is 2.86 bits per heavy atom. The third-order valence-corrected chi connectivity index (χ3v) is 6.34. The molecule has 0 aromatic carbocycles. The van der Waals surface area contributed by atoms with E-state index < -0.39 is 5.97 Å². The van der Waals surface area contributed by atoms with E-state index in [2.05, 4.69) is 22.2 Å². The minimum Gasteiger partial charge on any atom is -0.456 e. The van der Waals surface area contributed by atoms with E-state index in [1.54, 1.807) is 11.3 Å². The zero-order valence-corrected chi connectivity index (χ0v) is 17.8. The Hall–Kier alpha value is -2.22. The van der Waals surface area contributed by atoms with Crippen molar-refractivity contribution in [1.29, 1.82) is 0 Å². The van der Waals surface area contributed by atoms with Crippen molar-refractivity contribution in [3.63, 3.8) is 0 Å². The van der Waals surface area contributed by atoms with Crippen molar-refractivity contribution in [2.75, 3.05) is 13.2 Å². The summed E-state index contributed by atoms with van der Waals surface area (Å²) in [7, 11) is 0. The molecule has 0 saturated heterocycles. The molecule has 8 heteroatoms. The Labute approximate surface area is 174 Å². The number of aryl methyl sites for hydroxylation is 3. The predicted molar refractivity (Wildman–Crippen MR) is 113 cm³/mol. The molecule has 3 rings (SSSR count). The third-order valence-electron chi connectivity index (χ3n) is 5.16. The largest absolute Gasteiger partial charge is 0.456 e. The quantitative estimate of drug-likeness (QED) is 0.455. The SMILES string of the molecule is CCCCCCNC(=O)COC(=O)CCc1nc2sc3c(c2c(=O)[nH]1)CCCC3. The van der Waals surface area contributed by atoms with Gasteiger partial charge in [-0.05, 0) is 37.7 Å². The van der Waals surface area contributed by atoms with Gasteiger partial charge in [-0.25, -0.2) is 4.98 Å². The van der Waals surface area contributed by atoms with Gasteiger partial charge in [-0.15, -0.1) is 11.3 Å². The number of carbonyl (C=O) groups is 2. The molecule has 2 heterocycles. The summed E-state index contributed by atoms with van der Waals surface area (Å²) in [6.07, 6.45) is 8.88. The summed E-state index contributed by atoms with van der Waals surface area (Å²) in [4.78, 5) is 45.5. The first kappa shape index (κ1) is 21.5. The number of unbranched alkanes of at least 4 members (excludes halogenated alkanes) is 3. The molecule has 1 aliphatic rings. The Balaban J connectivity index is 1.46. The Morgan fingerprint density at radius 1 is 1.21 bits per heavy atom. The van der Waals surface area contributed by atoms with E-state index in [4.69, 9.17) is 4.74 Å². The number of nitrogens with one attached hydrogen (secondary N) is 2. The van der Waals surface area contributed by atoms with Gasteiger partial charge in [0, 0.05) is 17.8 Å². The second-order valence-corrected chi connectivity index (χ2v) is 8.56. The third kappa shape index (κ3) is 5.88. The number of thiophene rings is 1. The molecule has 7 nitrogen and oxygen atoms in total. The van der Waals surface area contributed by atoms with Gasteiger partial charge in [0.2, 0.25) is 0 Å². The van der Waals surface area contributed by atoms with Gasteiger partial charge in [0.15, 0.2) is 6.61 Å². The average molecular weight is 420 g/mol. The van der Waals surface area contributed by atoms with Crippen molar-refractivity contribution in [2.45, 2.75) is 71.1 Å². The fraction of sp³-hybridized carbons (Fsp3) is 0.619. The molecule has 0 aliphatic heterocycles. The topological polar surface area (TPSA) is 101 Å². The maximum Gasteiger partial charge on any atom is 0.306 e. The normalized spacial score (nSPS) is 13.3. The van der Waals surface area contributed by atoms with E-state index >= 15 is 0 Å². The van der Waals surface area contributed by atoms with Crippen LogP contribution in [0.3, 0.4) is 0 Å². The molecule has 0 fully saturated rings. The number of ether oxygens (including phenoxy) is 1. The summed E-state index contributed by atoms with van der Waals surface area (Å²) < 4.78 is 5.02. The standard InChI is InChI=1S/C21H29N3O4S/c1-2-3-4-7-12-22-17(25)13-28-18(26)11-10-16-23-20(27)19-14-8-5-6-9-15(14)29-21(19)24-16/h2-13H2,1H3,(H,22,25)(H,23,24,27). The fourth-order valence-electron chi connectivity index (χ4n) is 3.60. The molecule has 0 atom stereocenters. The van der Waals surface area contributed by atoms with Crippen LogP contribution in [0, 0.1) is 0 Å². The summed E-state index contributed by atoms with van der Waals surface area (Å²) in [5, 5.41) is 3.46. The van der Waals surface area contributed by atoms with Crippen molar-refractivity contribution in [1.82, 2.24) is 15.3 Å². The maximum atomic E-state index is 12.5. The number of hydrogen-bond donors (Lipinski definition) is 2. The lowest BCUT2D eigenvalue weighted by Gasteiger charge is -2.09. The van der Waals surface area contributed by atoms with Crippen molar-refractivity contribution in [3.05, 3.63) is 26.6 Å². The zero-order chi connectivity index (χ0) is 20.6. The highest BCUT2D eigenvalue weighted by atomic mass is 32.1. The van der Waals surface area contributed by atoms with E-state index in [0.29, 0.717) is 17.8 Å². The Morgan fingerprint density at radius 2 is 2.03 bits per heavy atom. The Bertz CT molecular complexity index is 919. The Kier molecular flexibility index (Phi) is 7.80. The number of amides is 1. The number of hydrogen-bond acceptors (Lipinski definition) is 6. The van der Waals surface area contributed by atoms with Gasteiger partial charge in [-0.3, -0.25) is 14.4 Å². The predicted octanol–water partition coefficient (Wildman–Crippen LogP) is 3.04. The van der Waals surface area contributed by atoms with Gasteiger partial charge in [-0.1, -0.05) is 26.2 Å². The molecule has 0 unspecified atom stereocenters. The fourth-order valence-corrected chi connectivity index (χ4v) is 4.88. The van der Waals surface area contributed by atoms with Gasteiger partial charge in [-0.2, -0.15) is 0 Å². The van der Waals surface area contributed by atoms with E-state index in [1.807, 2.05) is 0 Å². The lowest BCUT2D eigenvalue weighted by atomic mass is 9.97. The highest BCUT2D eigenvalue weighted by Gasteiger charge is 2.20. The molecule has 2 aromatic rings. The highest BCUT2D eigenvalue weighted by Crippen LogP contribution is 2.33. The molecule has 0 bridgehead atoms. The smallest absolute Gasteiger partial charge is 0.306 e. The van der Waals surface area contributed by atoms with Crippen LogP contribution in [0.25, 0.3) is 10.2 Å². The zero-order valence-electron chi connectivity index (χ0n) is 17.0. The van der Waals surface area contributed by atoms with Crippen molar-refractivity contribution >= 4 is 33.4 Å². The van der Waals surface area contributed by atoms with Crippen LogP contribution in [0.4, 0.5) is 0 Å². The van der Waals surface area contributed by atoms with Crippen LogP contribution < -0.4 is 10.9 Å². The monoisotopic (exact) mass is 419 g/mol. The lowest BCUT2D eigenvalue weighted by molar-refractivity contribution is -0.148. The first-order valence-electron chi connectivity index (χ1n) is 10.5. The number of H-pyrrole nitrogens is 1. The molecular formula is C21H29N3O4S. The summed E-state index contributed by atoms with van der Waals surface area (Å²) in [5.41, 5.74) is 1.02. The highest BCUT2D eigenvalue weighted by molar-refractivity contribution is 7.18. The second kappa shape index (κ2) is 10.5. The molecule has 0 radical (unpaired) electrons. The first-order valence-corrected chi connectivity index (χ1v) is 11.4. The number of aromatic nitrogens is 2. The van der Waals surface area contributed by atoms with Crippen molar-refractivity contribution in [2.24, 2.45) is 0 Å². The number of fused-ring (bicyclic) bond motifs is 3. The minimum absolute atomic E-state index is 0.0727. The van der Waals surface area contributed by atoms with Crippen LogP contribution in [-0.2, 0) is 33.6 Å². The van der Waals surface area contributed by atoms with Gasteiger partial charge in [0.1, 0.15) is 10.7 Å². The van der Waals surface area contributed by atoms with E-state index in [1.165, 1.54) is 4.88 Å². The molecule has 29 heavy (non-hydrogen) atoms. The van der Waals surface area contributed by atoms with Crippen LogP contribution in [0.1, 0.15) is 68.1 Å². The summed E-state index contributed by atoms with van der Waals surface area (Å²) in [6, 6.07) is 0. The molecular weight excluding hydrogens is 390 g/mol. The van der Waals surface area contributed by atoms with Crippen LogP contribution in [0.2, 0.25) is 0 Å². The van der Waals surface area contributed by atoms with Crippen molar-refractivity contribution < 1.29 is 14.3 Å². The number of nitrogens with zero attached hydrogens (tertiary/aromatic N) is 1. The van der Waals surface area contributed by atoms with E-state index in [9.17, 15) is 14.4 Å². The minimum atomic E-state index is -0.473. The van der Waals surface area contributed by atoms with E-state index in [-0.39, 0.29) is 30.9 Å². The number of aromatic amines is 1. The average Bonchev–Trinajstić information content (AvgIpc) is 3.09. The summed E-state index contributed by atoms with van der Waals surface area (Å²) >= 11 is 1.59. The molecule has 0 saturated carbocycles.